The molecule has 15 heteroatoms. The van der Waals surface area contributed by atoms with E-state index in [-0.39, 0.29) is 25.1 Å². The van der Waals surface area contributed by atoms with Crippen LogP contribution in [-0.4, -0.2) is 103 Å². The number of likely N-dealkylation sites (tertiary alicyclic amines) is 2. The maximum atomic E-state index is 15.8. The zero-order valence-corrected chi connectivity index (χ0v) is 26.5. The van der Waals surface area contributed by atoms with E-state index >= 15 is 8.78 Å². The lowest BCUT2D eigenvalue weighted by molar-refractivity contribution is 0.0637. The summed E-state index contributed by atoms with van der Waals surface area (Å²) in [5.74, 6) is -2.72. The van der Waals surface area contributed by atoms with Gasteiger partial charge in [-0.15, -0.1) is 0 Å². The van der Waals surface area contributed by atoms with Gasteiger partial charge in [0.05, 0.1) is 23.4 Å². The molecule has 7 rings (SSSR count). The normalized spacial score (nSPS) is 19.8. The number of hydrogen-bond donors (Lipinski definition) is 2. The summed E-state index contributed by atoms with van der Waals surface area (Å²) >= 11 is -3.06. The average molecular weight is 682 g/mol. The highest BCUT2D eigenvalue weighted by molar-refractivity contribution is 7.80. The predicted molar refractivity (Wildman–Crippen MR) is 171 cm³/mol. The van der Waals surface area contributed by atoms with Crippen LogP contribution in [0.1, 0.15) is 40.2 Å². The van der Waals surface area contributed by atoms with Gasteiger partial charge in [0.25, 0.3) is 0 Å². The zero-order valence-electron chi connectivity index (χ0n) is 25.7. The number of halogens is 3. The Kier molecular flexibility index (Phi) is 8.70. The lowest BCUT2D eigenvalue weighted by Crippen LogP contribution is -2.51. The number of hydrazine groups is 1. The van der Waals surface area contributed by atoms with Crippen molar-refractivity contribution in [2.45, 2.75) is 24.9 Å². The number of aromatic nitrogens is 2. The highest BCUT2D eigenvalue weighted by Crippen LogP contribution is 2.34. The molecule has 3 saturated heterocycles. The Morgan fingerprint density at radius 3 is 2.48 bits per heavy atom. The Labute approximate surface area is 276 Å². The number of amides is 1. The maximum absolute atomic E-state index is 15.8. The molecule has 0 spiro atoms. The number of anilines is 1. The van der Waals surface area contributed by atoms with E-state index in [1.165, 1.54) is 16.7 Å². The van der Waals surface area contributed by atoms with Gasteiger partial charge in [0.2, 0.25) is 5.78 Å². The molecular weight excluding hydrogens is 649 g/mol. The summed E-state index contributed by atoms with van der Waals surface area (Å²) in [7, 11) is 0. The van der Waals surface area contributed by atoms with Crippen molar-refractivity contribution in [2.24, 2.45) is 5.92 Å². The predicted octanol–water partition coefficient (Wildman–Crippen LogP) is 4.70. The minimum Gasteiger partial charge on any atom is -0.754 e. The van der Waals surface area contributed by atoms with Gasteiger partial charge in [0, 0.05) is 67.5 Å². The molecule has 3 aliphatic rings. The summed E-state index contributed by atoms with van der Waals surface area (Å²) in [6.07, 6.45) is 1.82. The van der Waals surface area contributed by atoms with Gasteiger partial charge in [-0.05, 0) is 54.6 Å². The van der Waals surface area contributed by atoms with Gasteiger partial charge >= 0.3 is 6.09 Å². The summed E-state index contributed by atoms with van der Waals surface area (Å²) in [5.41, 5.74) is 1.49. The van der Waals surface area contributed by atoms with Crippen molar-refractivity contribution < 1.29 is 36.6 Å². The molecule has 2 N–H and O–H groups in total. The molecule has 2 aromatic heterocycles. The van der Waals surface area contributed by atoms with Crippen molar-refractivity contribution >= 4 is 39.9 Å². The third-order valence-corrected chi connectivity index (χ3v) is 10.3. The minimum absolute atomic E-state index is 0.00320. The number of rotatable bonds is 10. The van der Waals surface area contributed by atoms with Gasteiger partial charge in [-0.2, -0.15) is 0 Å². The molecule has 2 aromatic carbocycles. The molecule has 1 amide bonds. The van der Waals surface area contributed by atoms with Crippen molar-refractivity contribution in [3.63, 3.8) is 0 Å². The van der Waals surface area contributed by atoms with Crippen LogP contribution in [0.15, 0.2) is 54.9 Å². The molecule has 1 unspecified atom stereocenters. The molecule has 2 atom stereocenters. The van der Waals surface area contributed by atoms with Crippen LogP contribution in [0.2, 0.25) is 0 Å². The highest BCUT2D eigenvalue weighted by Gasteiger charge is 2.34. The van der Waals surface area contributed by atoms with E-state index in [0.29, 0.717) is 45.9 Å². The van der Waals surface area contributed by atoms with Crippen molar-refractivity contribution in [2.75, 3.05) is 50.2 Å². The molecule has 3 fully saturated rings. The Bertz CT molecular complexity index is 1900. The number of carbonyl (C=O) groups excluding carboxylic acids is 1. The Balaban J connectivity index is 1.06. The smallest absolute Gasteiger partial charge is 0.407 e. The van der Waals surface area contributed by atoms with Crippen LogP contribution in [0.5, 0.6) is 0 Å². The number of nitrogens with zero attached hydrogens (tertiary/aromatic N) is 5. The second-order valence-electron chi connectivity index (χ2n) is 12.6. The average Bonchev–Trinajstić information content (AvgIpc) is 3.64. The van der Waals surface area contributed by atoms with Gasteiger partial charge in [0.1, 0.15) is 23.3 Å². The second-order valence-corrected chi connectivity index (χ2v) is 13.4. The highest BCUT2D eigenvalue weighted by atomic mass is 32.2. The number of alkyl halides is 1. The first-order valence-corrected chi connectivity index (χ1v) is 16.7. The third-order valence-electron chi connectivity index (χ3n) is 9.54. The summed E-state index contributed by atoms with van der Waals surface area (Å²) in [5, 5.41) is 10.4. The van der Waals surface area contributed by atoms with Crippen LogP contribution >= 0.6 is 0 Å². The molecule has 11 nitrogen and oxygen atoms in total. The van der Waals surface area contributed by atoms with Gasteiger partial charge < -0.3 is 24.4 Å². The van der Waals surface area contributed by atoms with E-state index < -0.39 is 52.2 Å². The van der Waals surface area contributed by atoms with Crippen molar-refractivity contribution in [3.05, 3.63) is 83.2 Å². The molecule has 48 heavy (non-hydrogen) atoms. The standard InChI is InChI=1S/C33H33F3N6O5S/c34-24-8-10-41(18-24)42(48(46)47)28-6-5-27(35)29(30(28)36)31(43)26-13-38-32-25(26)11-22(12-37-32)20-1-3-21(4-2-20)23-16-39(17-23)9-7-19-14-40(15-19)33(44)45/h1-6,11-13,19,23-24H,7-10,14-18H2,(H,37,38)(H,44,45)(H,46,47)/p-1/t24-/m1/s1. The fourth-order valence-electron chi connectivity index (χ4n) is 6.76. The number of H-pyrrole nitrogens is 1. The molecule has 4 aromatic rings. The lowest BCUT2D eigenvalue weighted by atomic mass is 9.89. The number of carboxylic acid groups (broad SMARTS) is 1. The summed E-state index contributed by atoms with van der Waals surface area (Å²) in [6, 6.07) is 11.5. The van der Waals surface area contributed by atoms with Crippen molar-refractivity contribution in [1.82, 2.24) is 24.8 Å². The fourth-order valence-corrected chi connectivity index (χ4v) is 7.40. The van der Waals surface area contributed by atoms with Crippen LogP contribution < -0.4 is 4.41 Å². The Morgan fingerprint density at radius 1 is 1.06 bits per heavy atom. The topological polar surface area (TPSA) is 136 Å². The number of benzene rings is 2. The number of fused-ring (bicyclic) bond motifs is 1. The minimum atomic E-state index is -3.06. The van der Waals surface area contributed by atoms with Gasteiger partial charge in [0.15, 0.2) is 5.82 Å². The van der Waals surface area contributed by atoms with Crippen LogP contribution in [0.4, 0.5) is 23.7 Å². The van der Waals surface area contributed by atoms with E-state index in [0.717, 1.165) is 48.8 Å². The first kappa shape index (κ1) is 32.2. The van der Waals surface area contributed by atoms with E-state index in [2.05, 4.69) is 27.0 Å². The number of hydrogen-bond acceptors (Lipinski definition) is 7. The zero-order chi connectivity index (χ0) is 33.7. The van der Waals surface area contributed by atoms with Crippen LogP contribution in [0.25, 0.3) is 22.2 Å². The van der Waals surface area contributed by atoms with E-state index in [4.69, 9.17) is 5.11 Å². The van der Waals surface area contributed by atoms with Crippen molar-refractivity contribution in [3.8, 4) is 11.1 Å². The van der Waals surface area contributed by atoms with Crippen molar-refractivity contribution in [1.29, 1.82) is 0 Å². The summed E-state index contributed by atoms with van der Waals surface area (Å²) < 4.78 is 69.4. The number of carbonyl (C=O) groups is 2. The van der Waals surface area contributed by atoms with E-state index in [1.54, 1.807) is 12.3 Å². The Hall–Kier alpha value is -4.31. The number of nitrogens with one attached hydrogen (secondary N) is 1. The maximum Gasteiger partial charge on any atom is 0.407 e. The molecule has 5 heterocycles. The monoisotopic (exact) mass is 681 g/mol. The number of ketones is 1. The largest absolute Gasteiger partial charge is 0.754 e. The van der Waals surface area contributed by atoms with Gasteiger partial charge in [-0.3, -0.25) is 9.00 Å². The summed E-state index contributed by atoms with van der Waals surface area (Å²) in [4.78, 5) is 35.7. The quantitative estimate of drug-likeness (QED) is 0.182. The summed E-state index contributed by atoms with van der Waals surface area (Å²) in [6.45, 7) is 3.75. The number of pyridine rings is 1. The van der Waals surface area contributed by atoms with E-state index in [9.17, 15) is 22.7 Å². The van der Waals surface area contributed by atoms with Crippen LogP contribution in [0, 0.1) is 17.6 Å². The second kappa shape index (κ2) is 13.0. The molecule has 0 radical (unpaired) electrons. The van der Waals surface area contributed by atoms with E-state index in [1.807, 2.05) is 12.1 Å². The molecule has 0 aliphatic carbocycles. The SMILES string of the molecule is O=C(c1c(F)ccc(N(N2CC[C@@H](F)C2)S(=O)[O-])c1F)c1c[nH]c2ncc(-c3ccc(C4CN(CCC5CN(C(=O)O)C5)C4)cc3)cc12. The Morgan fingerprint density at radius 2 is 1.81 bits per heavy atom. The van der Waals surface area contributed by atoms with Crippen LogP contribution in [-0.2, 0) is 11.3 Å². The first-order valence-electron chi connectivity index (χ1n) is 15.7. The molecule has 252 valence electrons. The molecule has 3 aliphatic heterocycles. The van der Waals surface area contributed by atoms with Crippen LogP contribution in [0.3, 0.4) is 0 Å². The molecule has 0 bridgehead atoms. The first-order chi connectivity index (χ1) is 23.1. The lowest BCUT2D eigenvalue weighted by Gasteiger charge is -2.42. The fraction of sp³-hybridized carbons (Fsp3) is 0.364. The molecular formula is C33H32F3N6O5S-. The van der Waals surface area contributed by atoms with Gasteiger partial charge in [-0.25, -0.2) is 32.4 Å². The van der Waals surface area contributed by atoms with Gasteiger partial charge in [-0.1, -0.05) is 24.3 Å². The number of aromatic amines is 1. The molecule has 0 saturated carbocycles. The third kappa shape index (κ3) is 6.06.